The molecule has 2 aromatic rings. The Labute approximate surface area is 93.7 Å². The predicted octanol–water partition coefficient (Wildman–Crippen LogP) is 0.796. The summed E-state index contributed by atoms with van der Waals surface area (Å²) in [5.74, 6) is 0. The molecule has 1 aromatic heterocycles. The molecule has 1 heterocycles. The summed E-state index contributed by atoms with van der Waals surface area (Å²) in [5, 5.41) is 3.76. The zero-order chi connectivity index (χ0) is 11.4. The quantitative estimate of drug-likeness (QED) is 0.732. The maximum absolute atomic E-state index is 10.6. The molecule has 1 aromatic carbocycles. The lowest BCUT2D eigenvalue weighted by Gasteiger charge is -2.01. The van der Waals surface area contributed by atoms with E-state index in [0.29, 0.717) is 13.1 Å². The SMILES string of the molecule is NC(=O)NCC[n+]1cccc2ccccc21. The number of hydrogen-bond donors (Lipinski definition) is 2. The zero-order valence-electron chi connectivity index (χ0n) is 8.89. The summed E-state index contributed by atoms with van der Waals surface area (Å²) in [6, 6.07) is 11.7. The van der Waals surface area contributed by atoms with Gasteiger partial charge in [-0.2, -0.15) is 4.57 Å². The number of rotatable bonds is 3. The van der Waals surface area contributed by atoms with Gasteiger partial charge in [-0.05, 0) is 12.1 Å². The van der Waals surface area contributed by atoms with Crippen LogP contribution >= 0.6 is 0 Å². The fourth-order valence-corrected chi connectivity index (χ4v) is 1.72. The van der Waals surface area contributed by atoms with E-state index >= 15 is 0 Å². The van der Waals surface area contributed by atoms with Crippen molar-refractivity contribution < 1.29 is 9.36 Å². The molecule has 16 heavy (non-hydrogen) atoms. The van der Waals surface area contributed by atoms with E-state index in [-0.39, 0.29) is 0 Å². The normalized spacial score (nSPS) is 10.2. The van der Waals surface area contributed by atoms with E-state index in [1.807, 2.05) is 24.4 Å². The molecule has 0 radical (unpaired) electrons. The zero-order valence-corrected chi connectivity index (χ0v) is 8.89. The van der Waals surface area contributed by atoms with E-state index in [4.69, 9.17) is 5.73 Å². The minimum Gasteiger partial charge on any atom is -0.352 e. The Morgan fingerprint density at radius 1 is 1.25 bits per heavy atom. The number of aromatic nitrogens is 1. The van der Waals surface area contributed by atoms with Gasteiger partial charge in [0.25, 0.3) is 0 Å². The number of nitrogens with two attached hydrogens (primary N) is 1. The first-order chi connectivity index (χ1) is 7.77. The molecule has 2 rings (SSSR count). The van der Waals surface area contributed by atoms with Crippen LogP contribution in [0.5, 0.6) is 0 Å². The van der Waals surface area contributed by atoms with Gasteiger partial charge < -0.3 is 11.1 Å². The van der Waals surface area contributed by atoms with Gasteiger partial charge in [0.2, 0.25) is 5.52 Å². The Hall–Kier alpha value is -2.10. The Kier molecular flexibility index (Phi) is 3.00. The maximum Gasteiger partial charge on any atom is 0.312 e. The number of fused-ring (bicyclic) bond motifs is 1. The van der Waals surface area contributed by atoms with Crippen LogP contribution in [0.3, 0.4) is 0 Å². The molecule has 0 atom stereocenters. The first-order valence-electron chi connectivity index (χ1n) is 5.18. The van der Waals surface area contributed by atoms with E-state index in [0.717, 1.165) is 5.52 Å². The summed E-state index contributed by atoms with van der Waals surface area (Å²) in [4.78, 5) is 10.6. The van der Waals surface area contributed by atoms with Crippen LogP contribution in [-0.2, 0) is 6.54 Å². The Morgan fingerprint density at radius 3 is 2.81 bits per heavy atom. The van der Waals surface area contributed by atoms with Gasteiger partial charge in [-0.25, -0.2) is 4.79 Å². The van der Waals surface area contributed by atoms with Crippen molar-refractivity contribution in [3.8, 4) is 0 Å². The molecule has 0 fully saturated rings. The summed E-state index contributed by atoms with van der Waals surface area (Å²) >= 11 is 0. The first-order valence-corrected chi connectivity index (χ1v) is 5.18. The number of urea groups is 1. The fourth-order valence-electron chi connectivity index (χ4n) is 1.72. The van der Waals surface area contributed by atoms with Gasteiger partial charge in [0.15, 0.2) is 12.7 Å². The maximum atomic E-state index is 10.6. The van der Waals surface area contributed by atoms with Crippen LogP contribution < -0.4 is 15.6 Å². The van der Waals surface area contributed by atoms with Crippen molar-refractivity contribution in [3.63, 3.8) is 0 Å². The average molecular weight is 216 g/mol. The second-order valence-corrected chi connectivity index (χ2v) is 3.55. The fraction of sp³-hybridized carbons (Fsp3) is 0.167. The number of amides is 2. The molecule has 0 aliphatic heterocycles. The molecule has 4 nitrogen and oxygen atoms in total. The Balaban J connectivity index is 2.20. The van der Waals surface area contributed by atoms with E-state index in [2.05, 4.69) is 28.1 Å². The van der Waals surface area contributed by atoms with Gasteiger partial charge in [-0.3, -0.25) is 0 Å². The third kappa shape index (κ3) is 2.28. The van der Waals surface area contributed by atoms with Crippen LogP contribution in [0.15, 0.2) is 42.6 Å². The monoisotopic (exact) mass is 216 g/mol. The van der Waals surface area contributed by atoms with E-state index in [1.165, 1.54) is 5.39 Å². The average Bonchev–Trinajstić information content (AvgIpc) is 2.29. The highest BCUT2D eigenvalue weighted by molar-refractivity contribution is 5.75. The summed E-state index contributed by atoms with van der Waals surface area (Å²) in [6.45, 7) is 1.25. The van der Waals surface area contributed by atoms with Gasteiger partial charge in [0.1, 0.15) is 0 Å². The van der Waals surface area contributed by atoms with Crippen molar-refractivity contribution in [1.29, 1.82) is 0 Å². The number of pyridine rings is 1. The topological polar surface area (TPSA) is 59.0 Å². The number of hydrogen-bond acceptors (Lipinski definition) is 1. The van der Waals surface area contributed by atoms with Crippen LogP contribution in [0.2, 0.25) is 0 Å². The summed E-state index contributed by atoms with van der Waals surface area (Å²) in [7, 11) is 0. The van der Waals surface area contributed by atoms with Gasteiger partial charge in [-0.1, -0.05) is 12.1 Å². The predicted molar refractivity (Wildman–Crippen MR) is 61.7 cm³/mol. The number of nitrogens with zero attached hydrogens (tertiary/aromatic N) is 1. The number of primary amides is 1. The molecule has 0 aliphatic rings. The molecule has 0 saturated heterocycles. The van der Waals surface area contributed by atoms with Crippen LogP contribution in [0.1, 0.15) is 0 Å². The third-order valence-corrected chi connectivity index (χ3v) is 2.44. The van der Waals surface area contributed by atoms with Crippen LogP contribution in [0, 0.1) is 0 Å². The number of benzene rings is 1. The summed E-state index contributed by atoms with van der Waals surface area (Å²) in [6.07, 6.45) is 1.99. The molecule has 0 aliphatic carbocycles. The second kappa shape index (κ2) is 4.61. The highest BCUT2D eigenvalue weighted by Gasteiger charge is 2.06. The smallest absolute Gasteiger partial charge is 0.312 e. The lowest BCUT2D eigenvalue weighted by Crippen LogP contribution is -2.42. The largest absolute Gasteiger partial charge is 0.352 e. The second-order valence-electron chi connectivity index (χ2n) is 3.55. The Bertz CT molecular complexity index is 505. The Morgan fingerprint density at radius 2 is 2.00 bits per heavy atom. The molecular formula is C12H14N3O+. The van der Waals surface area contributed by atoms with E-state index in [9.17, 15) is 4.79 Å². The lowest BCUT2D eigenvalue weighted by molar-refractivity contribution is -0.669. The van der Waals surface area contributed by atoms with Crippen molar-refractivity contribution in [2.24, 2.45) is 5.73 Å². The van der Waals surface area contributed by atoms with Crippen molar-refractivity contribution in [1.82, 2.24) is 5.32 Å². The molecule has 2 amide bonds. The van der Waals surface area contributed by atoms with Crippen LogP contribution in [0.25, 0.3) is 10.9 Å². The number of para-hydroxylation sites is 1. The van der Waals surface area contributed by atoms with Crippen LogP contribution in [0.4, 0.5) is 4.79 Å². The molecule has 0 bridgehead atoms. The van der Waals surface area contributed by atoms with Crippen molar-refractivity contribution in [3.05, 3.63) is 42.6 Å². The van der Waals surface area contributed by atoms with E-state index < -0.39 is 6.03 Å². The highest BCUT2D eigenvalue weighted by atomic mass is 16.2. The van der Waals surface area contributed by atoms with E-state index in [1.54, 1.807) is 0 Å². The molecule has 0 unspecified atom stereocenters. The van der Waals surface area contributed by atoms with Crippen molar-refractivity contribution in [2.75, 3.05) is 6.54 Å². The molecule has 82 valence electrons. The summed E-state index contributed by atoms with van der Waals surface area (Å²) < 4.78 is 2.09. The minimum atomic E-state index is -0.485. The molecular weight excluding hydrogens is 202 g/mol. The number of carbonyl (C=O) groups excluding carboxylic acids is 1. The third-order valence-electron chi connectivity index (χ3n) is 2.44. The van der Waals surface area contributed by atoms with Gasteiger partial charge in [-0.15, -0.1) is 0 Å². The van der Waals surface area contributed by atoms with Crippen molar-refractivity contribution in [2.45, 2.75) is 6.54 Å². The molecule has 4 heteroatoms. The minimum absolute atomic E-state index is 0.485. The number of carbonyl (C=O) groups is 1. The lowest BCUT2D eigenvalue weighted by atomic mass is 10.2. The molecule has 3 N–H and O–H groups in total. The summed E-state index contributed by atoms with van der Waals surface area (Å²) in [5.41, 5.74) is 6.16. The van der Waals surface area contributed by atoms with Crippen LogP contribution in [-0.4, -0.2) is 12.6 Å². The van der Waals surface area contributed by atoms with Crippen molar-refractivity contribution >= 4 is 16.9 Å². The molecule has 0 spiro atoms. The van der Waals surface area contributed by atoms with Gasteiger partial charge in [0, 0.05) is 17.5 Å². The van der Waals surface area contributed by atoms with Gasteiger partial charge in [0.05, 0.1) is 6.54 Å². The molecule has 0 saturated carbocycles. The van der Waals surface area contributed by atoms with Gasteiger partial charge >= 0.3 is 6.03 Å². The first kappa shape index (κ1) is 10.4. The highest BCUT2D eigenvalue weighted by Crippen LogP contribution is 2.07. The number of nitrogens with one attached hydrogen (secondary N) is 1. The standard InChI is InChI=1S/C12H13N3O/c13-12(16)14-7-9-15-8-3-5-10-4-1-2-6-11(10)15/h1-6,8H,7,9H2,(H2-,13,14,16)/p+1.